The second-order valence-electron chi connectivity index (χ2n) is 9.11. The lowest BCUT2D eigenvalue weighted by Gasteiger charge is -2.26. The number of aromatic nitrogens is 4. The normalized spacial score (nSPS) is 17.8. The van der Waals surface area contributed by atoms with Gasteiger partial charge in [0, 0.05) is 36.8 Å². The number of amides is 1. The standard InChI is InChI=1S/C26H26N6O3/c27-15-17(26(33)31-10-12-34-13-11-31)14-19-6-7-22(35-19)25-30-21-16-29-24-20(8-9-28-24)23(21)32(25)18-4-2-1-3-5-18/h6-9,14,16,18H,1-5,10-13H2,(H,28,29)/b17-14+. The Balaban J connectivity index is 1.41. The first-order chi connectivity index (χ1) is 17.2. The van der Waals surface area contributed by atoms with E-state index in [-0.39, 0.29) is 11.5 Å². The van der Waals surface area contributed by atoms with E-state index in [2.05, 4.69) is 14.5 Å². The average Bonchev–Trinajstić information content (AvgIpc) is 3.65. The van der Waals surface area contributed by atoms with Crippen LogP contribution in [0, 0.1) is 11.3 Å². The van der Waals surface area contributed by atoms with Crippen LogP contribution in [0.25, 0.3) is 39.7 Å². The number of hydrogen-bond acceptors (Lipinski definition) is 6. The van der Waals surface area contributed by atoms with E-state index in [0.717, 1.165) is 40.7 Å². The van der Waals surface area contributed by atoms with Gasteiger partial charge in [-0.05, 0) is 31.0 Å². The van der Waals surface area contributed by atoms with Gasteiger partial charge in [-0.3, -0.25) is 4.79 Å². The van der Waals surface area contributed by atoms with Gasteiger partial charge < -0.3 is 23.6 Å². The highest BCUT2D eigenvalue weighted by molar-refractivity contribution is 6.03. The summed E-state index contributed by atoms with van der Waals surface area (Å²) >= 11 is 0. The summed E-state index contributed by atoms with van der Waals surface area (Å²) in [6.07, 6.45) is 11.0. The number of pyridine rings is 1. The van der Waals surface area contributed by atoms with Gasteiger partial charge in [0.1, 0.15) is 28.6 Å². The maximum Gasteiger partial charge on any atom is 0.264 e. The number of imidazole rings is 1. The number of furan rings is 1. The van der Waals surface area contributed by atoms with Crippen molar-refractivity contribution in [3.8, 4) is 17.7 Å². The van der Waals surface area contributed by atoms with Crippen molar-refractivity contribution >= 4 is 34.1 Å². The van der Waals surface area contributed by atoms with Crippen LogP contribution in [-0.2, 0) is 9.53 Å². The molecule has 0 unspecified atom stereocenters. The van der Waals surface area contributed by atoms with Crippen LogP contribution in [0.1, 0.15) is 43.9 Å². The molecule has 0 bridgehead atoms. The van der Waals surface area contributed by atoms with E-state index in [1.165, 1.54) is 25.3 Å². The first kappa shape index (κ1) is 21.6. The molecule has 2 aliphatic rings. The Labute approximate surface area is 202 Å². The predicted octanol–water partition coefficient (Wildman–Crippen LogP) is 4.44. The monoisotopic (exact) mass is 470 g/mol. The first-order valence-corrected chi connectivity index (χ1v) is 12.2. The minimum atomic E-state index is -0.302. The van der Waals surface area contributed by atoms with Gasteiger partial charge in [0.2, 0.25) is 0 Å². The van der Waals surface area contributed by atoms with E-state index in [1.807, 2.05) is 24.4 Å². The summed E-state index contributed by atoms with van der Waals surface area (Å²) in [5.74, 6) is 1.51. The largest absolute Gasteiger partial charge is 0.453 e. The van der Waals surface area contributed by atoms with E-state index in [0.29, 0.717) is 43.9 Å². The molecule has 1 saturated heterocycles. The van der Waals surface area contributed by atoms with Gasteiger partial charge in [-0.1, -0.05) is 19.3 Å². The lowest BCUT2D eigenvalue weighted by Crippen LogP contribution is -2.41. The molecule has 9 heteroatoms. The van der Waals surface area contributed by atoms with Gasteiger partial charge in [-0.2, -0.15) is 5.26 Å². The van der Waals surface area contributed by atoms with Crippen LogP contribution in [0.4, 0.5) is 0 Å². The third-order valence-corrected chi connectivity index (χ3v) is 6.96. The fraction of sp³-hybridized carbons (Fsp3) is 0.385. The van der Waals surface area contributed by atoms with Crippen LogP contribution in [0.2, 0.25) is 0 Å². The molecule has 4 aromatic rings. The smallest absolute Gasteiger partial charge is 0.264 e. The second kappa shape index (κ2) is 9.04. The van der Waals surface area contributed by atoms with Crippen LogP contribution in [-0.4, -0.2) is 56.6 Å². The molecule has 178 valence electrons. The molecule has 2 fully saturated rings. The molecule has 5 heterocycles. The number of ether oxygens (including phenoxy) is 1. The zero-order chi connectivity index (χ0) is 23.8. The van der Waals surface area contributed by atoms with E-state index < -0.39 is 0 Å². The molecule has 35 heavy (non-hydrogen) atoms. The van der Waals surface area contributed by atoms with Gasteiger partial charge in [0.25, 0.3) is 5.91 Å². The number of nitriles is 1. The minimum absolute atomic E-state index is 0.0480. The fourth-order valence-electron chi connectivity index (χ4n) is 5.23. The van der Waals surface area contributed by atoms with E-state index >= 15 is 0 Å². The number of carbonyl (C=O) groups is 1. The molecule has 0 atom stereocenters. The van der Waals surface area contributed by atoms with E-state index in [1.54, 1.807) is 17.2 Å². The predicted molar refractivity (Wildman–Crippen MR) is 130 cm³/mol. The Kier molecular flexibility index (Phi) is 5.58. The molecule has 0 spiro atoms. The molecule has 1 amide bonds. The highest BCUT2D eigenvalue weighted by Crippen LogP contribution is 2.38. The summed E-state index contributed by atoms with van der Waals surface area (Å²) in [6.45, 7) is 1.93. The highest BCUT2D eigenvalue weighted by atomic mass is 16.5. The SMILES string of the molecule is N#C/C(=C\c1ccc(-c2nc3cnc4[nH]ccc4c3n2C2CCCCC2)o1)C(=O)N1CCOCC1. The van der Waals surface area contributed by atoms with Crippen molar-refractivity contribution in [1.29, 1.82) is 5.26 Å². The zero-order valence-electron chi connectivity index (χ0n) is 19.4. The lowest BCUT2D eigenvalue weighted by molar-refractivity contribution is -0.130. The fourth-order valence-corrected chi connectivity index (χ4v) is 5.23. The molecular formula is C26H26N6O3. The highest BCUT2D eigenvalue weighted by Gasteiger charge is 2.26. The van der Waals surface area contributed by atoms with Crippen LogP contribution in [0.15, 0.2) is 40.6 Å². The first-order valence-electron chi connectivity index (χ1n) is 12.2. The van der Waals surface area contributed by atoms with Gasteiger partial charge in [-0.25, -0.2) is 9.97 Å². The summed E-state index contributed by atoms with van der Waals surface area (Å²) < 4.78 is 13.8. The Bertz CT molecular complexity index is 1460. The van der Waals surface area contributed by atoms with Crippen molar-refractivity contribution in [2.75, 3.05) is 26.3 Å². The molecule has 1 aliphatic heterocycles. The van der Waals surface area contributed by atoms with Crippen molar-refractivity contribution in [2.45, 2.75) is 38.1 Å². The summed E-state index contributed by atoms with van der Waals surface area (Å²) in [7, 11) is 0. The number of rotatable bonds is 4. The van der Waals surface area contributed by atoms with E-state index in [4.69, 9.17) is 14.1 Å². The molecule has 0 radical (unpaired) electrons. The van der Waals surface area contributed by atoms with Crippen LogP contribution in [0.5, 0.6) is 0 Å². The summed E-state index contributed by atoms with van der Waals surface area (Å²) in [6, 6.07) is 8.05. The topological polar surface area (TPSA) is 113 Å². The van der Waals surface area contributed by atoms with Crippen LogP contribution < -0.4 is 0 Å². The Morgan fingerprint density at radius 2 is 2.00 bits per heavy atom. The van der Waals surface area contributed by atoms with Crippen molar-refractivity contribution in [2.24, 2.45) is 0 Å². The number of carbonyl (C=O) groups excluding carboxylic acids is 1. The van der Waals surface area contributed by atoms with Crippen molar-refractivity contribution < 1.29 is 13.9 Å². The summed E-state index contributed by atoms with van der Waals surface area (Å²) in [4.78, 5) is 27.1. The lowest BCUT2D eigenvalue weighted by atomic mass is 9.95. The Morgan fingerprint density at radius 3 is 2.80 bits per heavy atom. The number of aromatic amines is 1. The number of hydrogen-bond donors (Lipinski definition) is 1. The number of nitrogens with one attached hydrogen (secondary N) is 1. The number of nitrogens with zero attached hydrogens (tertiary/aromatic N) is 5. The average molecular weight is 471 g/mol. The maximum atomic E-state index is 12.8. The summed E-state index contributed by atoms with van der Waals surface area (Å²) in [5, 5.41) is 10.7. The quantitative estimate of drug-likeness (QED) is 0.348. The maximum absolute atomic E-state index is 12.8. The van der Waals surface area contributed by atoms with Crippen LogP contribution >= 0.6 is 0 Å². The molecule has 1 aliphatic carbocycles. The van der Waals surface area contributed by atoms with Crippen molar-refractivity contribution in [3.05, 3.63) is 41.9 Å². The molecule has 9 nitrogen and oxygen atoms in total. The molecule has 1 N–H and O–H groups in total. The Morgan fingerprint density at radius 1 is 1.17 bits per heavy atom. The molecular weight excluding hydrogens is 444 g/mol. The molecule has 4 aromatic heterocycles. The van der Waals surface area contributed by atoms with Crippen molar-refractivity contribution in [1.82, 2.24) is 24.4 Å². The zero-order valence-corrected chi connectivity index (χ0v) is 19.4. The van der Waals surface area contributed by atoms with Gasteiger partial charge >= 0.3 is 0 Å². The molecule has 6 rings (SSSR count). The van der Waals surface area contributed by atoms with Gasteiger partial charge in [-0.15, -0.1) is 0 Å². The van der Waals surface area contributed by atoms with Crippen molar-refractivity contribution in [3.63, 3.8) is 0 Å². The van der Waals surface area contributed by atoms with Gasteiger partial charge in [0.15, 0.2) is 11.6 Å². The third kappa shape index (κ3) is 3.90. The number of fused-ring (bicyclic) bond motifs is 3. The van der Waals surface area contributed by atoms with E-state index in [9.17, 15) is 10.1 Å². The Hall–Kier alpha value is -3.90. The van der Waals surface area contributed by atoms with Gasteiger partial charge in [0.05, 0.1) is 24.9 Å². The molecule has 1 saturated carbocycles. The summed E-state index contributed by atoms with van der Waals surface area (Å²) in [5.41, 5.74) is 2.77. The molecule has 0 aromatic carbocycles. The second-order valence-corrected chi connectivity index (χ2v) is 9.11. The number of morpholine rings is 1. The number of H-pyrrole nitrogens is 1. The van der Waals surface area contributed by atoms with Crippen LogP contribution in [0.3, 0.4) is 0 Å². The minimum Gasteiger partial charge on any atom is -0.453 e. The third-order valence-electron chi connectivity index (χ3n) is 6.96.